The van der Waals surface area contributed by atoms with Crippen molar-refractivity contribution in [3.63, 3.8) is 0 Å². The third kappa shape index (κ3) is 4.48. The minimum absolute atomic E-state index is 0.282. The molecule has 6 nitrogen and oxygen atoms in total. The fourth-order valence-electron chi connectivity index (χ4n) is 0.839. The molecule has 1 aromatic heterocycles. The average molecular weight is 203 g/mol. The van der Waals surface area contributed by atoms with Gasteiger partial charge in [0.15, 0.2) is 0 Å². The molecular formula is C6H9N3O3S. The smallest absolute Gasteiger partial charge is 0.263 e. The van der Waals surface area contributed by atoms with Crippen LogP contribution in [0.1, 0.15) is 6.42 Å². The van der Waals surface area contributed by atoms with Gasteiger partial charge in [0, 0.05) is 5.75 Å². The lowest BCUT2D eigenvalue weighted by atomic mass is 10.5. The maximum atomic E-state index is 10.2. The quantitative estimate of drug-likeness (QED) is 0.448. The molecule has 0 aliphatic carbocycles. The SMILES string of the molecule is O=S(=O)([O-])CCC[n+]1cncnc1. The van der Waals surface area contributed by atoms with E-state index in [-0.39, 0.29) is 12.2 Å². The molecule has 0 spiro atoms. The monoisotopic (exact) mass is 203 g/mol. The Balaban J connectivity index is 2.37. The summed E-state index contributed by atoms with van der Waals surface area (Å²) in [5.74, 6) is -0.352. The van der Waals surface area contributed by atoms with Crippen molar-refractivity contribution >= 4 is 10.1 Å². The van der Waals surface area contributed by atoms with Gasteiger partial charge in [0.2, 0.25) is 12.7 Å². The molecule has 1 rings (SSSR count). The third-order valence-corrected chi connectivity index (χ3v) is 2.16. The molecule has 0 saturated carbocycles. The van der Waals surface area contributed by atoms with Crippen molar-refractivity contribution in [1.82, 2.24) is 9.97 Å². The number of aryl methyl sites for hydroxylation is 1. The number of nitrogens with zero attached hydrogens (tertiary/aromatic N) is 3. The molecule has 1 heterocycles. The Labute approximate surface area is 76.0 Å². The summed E-state index contributed by atoms with van der Waals surface area (Å²) in [6, 6.07) is 0. The molecule has 0 N–H and O–H groups in total. The highest BCUT2D eigenvalue weighted by Gasteiger charge is 1.98. The molecule has 1 aromatic rings. The van der Waals surface area contributed by atoms with Crippen molar-refractivity contribution in [2.45, 2.75) is 13.0 Å². The van der Waals surface area contributed by atoms with Gasteiger partial charge in [0.25, 0.3) is 6.33 Å². The molecular weight excluding hydrogens is 194 g/mol. The highest BCUT2D eigenvalue weighted by molar-refractivity contribution is 7.85. The van der Waals surface area contributed by atoms with E-state index in [0.29, 0.717) is 6.54 Å². The summed E-state index contributed by atoms with van der Waals surface area (Å²) in [6.45, 7) is 0.433. The van der Waals surface area contributed by atoms with Crippen molar-refractivity contribution in [3.05, 3.63) is 19.0 Å². The van der Waals surface area contributed by atoms with E-state index in [1.807, 2.05) is 0 Å². The maximum absolute atomic E-state index is 10.2. The van der Waals surface area contributed by atoms with E-state index < -0.39 is 10.1 Å². The van der Waals surface area contributed by atoms with Gasteiger partial charge in [-0.05, 0) is 6.42 Å². The molecule has 0 fully saturated rings. The van der Waals surface area contributed by atoms with Gasteiger partial charge in [-0.25, -0.2) is 13.0 Å². The van der Waals surface area contributed by atoms with Crippen molar-refractivity contribution < 1.29 is 17.5 Å². The van der Waals surface area contributed by atoms with E-state index in [2.05, 4.69) is 9.97 Å². The van der Waals surface area contributed by atoms with Crippen LogP contribution in [0.3, 0.4) is 0 Å². The van der Waals surface area contributed by atoms with E-state index in [4.69, 9.17) is 0 Å². The summed E-state index contributed by atoms with van der Waals surface area (Å²) in [4.78, 5) is 7.45. The summed E-state index contributed by atoms with van der Waals surface area (Å²) in [5, 5.41) is 0. The molecule has 0 radical (unpaired) electrons. The van der Waals surface area contributed by atoms with Gasteiger partial charge in [-0.1, -0.05) is 9.97 Å². The van der Waals surface area contributed by atoms with Gasteiger partial charge in [-0.2, -0.15) is 0 Å². The highest BCUT2D eigenvalue weighted by atomic mass is 32.2. The van der Waals surface area contributed by atoms with E-state index in [0.717, 1.165) is 0 Å². The van der Waals surface area contributed by atoms with Crippen LogP contribution in [0.2, 0.25) is 0 Å². The van der Waals surface area contributed by atoms with E-state index >= 15 is 0 Å². The van der Waals surface area contributed by atoms with Crippen LogP contribution in [0.5, 0.6) is 0 Å². The zero-order valence-electron chi connectivity index (χ0n) is 6.83. The summed E-state index contributed by atoms with van der Waals surface area (Å²) in [6.07, 6.45) is 4.69. The van der Waals surface area contributed by atoms with Crippen LogP contribution in [-0.2, 0) is 16.7 Å². The Morgan fingerprint density at radius 1 is 1.31 bits per heavy atom. The number of hydrogen-bond acceptors (Lipinski definition) is 5. The van der Waals surface area contributed by atoms with Crippen LogP contribution in [0.25, 0.3) is 0 Å². The first-order chi connectivity index (χ1) is 6.08. The van der Waals surface area contributed by atoms with Crippen molar-refractivity contribution in [1.29, 1.82) is 0 Å². The van der Waals surface area contributed by atoms with E-state index in [9.17, 15) is 13.0 Å². The first-order valence-electron chi connectivity index (χ1n) is 3.65. The standard InChI is InChI=1S/C6H9N3O3S/c10-13(11,12)3-1-2-9-5-7-4-8-6-9/h4-6H,1-3H2. The summed E-state index contributed by atoms with van der Waals surface area (Å²) in [7, 11) is -4.10. The van der Waals surface area contributed by atoms with Crippen molar-refractivity contribution in [2.75, 3.05) is 5.75 Å². The van der Waals surface area contributed by atoms with Crippen LogP contribution in [0.4, 0.5) is 0 Å². The van der Waals surface area contributed by atoms with Crippen LogP contribution >= 0.6 is 0 Å². The fraction of sp³-hybridized carbons (Fsp3) is 0.500. The Bertz CT molecular complexity index is 351. The van der Waals surface area contributed by atoms with Crippen molar-refractivity contribution in [2.24, 2.45) is 0 Å². The Morgan fingerprint density at radius 3 is 2.46 bits per heavy atom. The summed E-state index contributed by atoms with van der Waals surface area (Å²) >= 11 is 0. The zero-order chi connectivity index (χ0) is 9.73. The summed E-state index contributed by atoms with van der Waals surface area (Å²) < 4.78 is 32.3. The molecule has 0 aliphatic rings. The molecule has 0 amide bonds. The molecule has 0 aromatic carbocycles. The highest BCUT2D eigenvalue weighted by Crippen LogP contribution is 1.86. The lowest BCUT2D eigenvalue weighted by molar-refractivity contribution is -0.702. The number of rotatable bonds is 4. The predicted octanol–water partition coefficient (Wildman–Crippen LogP) is -1.30. The lowest BCUT2D eigenvalue weighted by Gasteiger charge is -2.04. The molecule has 13 heavy (non-hydrogen) atoms. The lowest BCUT2D eigenvalue weighted by Crippen LogP contribution is -2.34. The zero-order valence-corrected chi connectivity index (χ0v) is 7.64. The Morgan fingerprint density at radius 2 is 1.92 bits per heavy atom. The number of aromatic nitrogens is 3. The average Bonchev–Trinajstić information content (AvgIpc) is 2.04. The molecule has 0 saturated heterocycles. The maximum Gasteiger partial charge on any atom is 0.263 e. The largest absolute Gasteiger partial charge is 0.748 e. The van der Waals surface area contributed by atoms with Gasteiger partial charge in [0.05, 0.1) is 16.7 Å². The molecule has 0 bridgehead atoms. The fourth-order valence-corrected chi connectivity index (χ4v) is 1.32. The second-order valence-corrected chi connectivity index (χ2v) is 4.02. The van der Waals surface area contributed by atoms with Gasteiger partial charge in [-0.3, -0.25) is 0 Å². The van der Waals surface area contributed by atoms with Crippen LogP contribution in [0, 0.1) is 0 Å². The van der Waals surface area contributed by atoms with Crippen molar-refractivity contribution in [3.8, 4) is 0 Å². The second-order valence-electron chi connectivity index (χ2n) is 2.50. The molecule has 72 valence electrons. The van der Waals surface area contributed by atoms with Gasteiger partial charge in [0.1, 0.15) is 0 Å². The Hall–Kier alpha value is -1.08. The van der Waals surface area contributed by atoms with Gasteiger partial charge in [-0.15, -0.1) is 0 Å². The normalized spacial score (nSPS) is 11.5. The van der Waals surface area contributed by atoms with Gasteiger partial charge < -0.3 is 4.55 Å². The molecule has 0 aliphatic heterocycles. The minimum atomic E-state index is -4.10. The Kier molecular flexibility index (Phi) is 3.26. The number of hydrogen-bond donors (Lipinski definition) is 0. The second kappa shape index (κ2) is 4.24. The van der Waals surface area contributed by atoms with E-state index in [1.165, 1.54) is 19.0 Å². The van der Waals surface area contributed by atoms with Crippen LogP contribution in [-0.4, -0.2) is 28.7 Å². The van der Waals surface area contributed by atoms with E-state index in [1.54, 1.807) is 4.57 Å². The van der Waals surface area contributed by atoms with Crippen LogP contribution in [0.15, 0.2) is 19.0 Å². The molecule has 0 atom stereocenters. The summed E-state index contributed by atoms with van der Waals surface area (Å²) in [5.41, 5.74) is 0. The molecule has 7 heteroatoms. The first-order valence-corrected chi connectivity index (χ1v) is 5.23. The van der Waals surface area contributed by atoms with Gasteiger partial charge >= 0.3 is 0 Å². The topological polar surface area (TPSA) is 86.9 Å². The predicted molar refractivity (Wildman–Crippen MR) is 41.4 cm³/mol. The molecule has 0 unspecified atom stereocenters. The van der Waals surface area contributed by atoms with Crippen LogP contribution < -0.4 is 4.57 Å². The minimum Gasteiger partial charge on any atom is -0.748 e. The third-order valence-electron chi connectivity index (χ3n) is 1.37. The first kappa shape index (κ1) is 10.0.